The molecule has 5 rings (SSSR count). The van der Waals surface area contributed by atoms with Gasteiger partial charge >= 0.3 is 0 Å². The van der Waals surface area contributed by atoms with Crippen molar-refractivity contribution in [2.45, 2.75) is 13.0 Å². The Kier molecular flexibility index (Phi) is 5.01. The van der Waals surface area contributed by atoms with Crippen LogP contribution >= 0.6 is 12.2 Å². The average molecular weight is 426 g/mol. The van der Waals surface area contributed by atoms with E-state index in [1.807, 2.05) is 89.5 Å². The predicted molar refractivity (Wildman–Crippen MR) is 123 cm³/mol. The number of nitrogens with zero attached hydrogens (tertiary/aromatic N) is 4. The summed E-state index contributed by atoms with van der Waals surface area (Å²) >= 11 is 5.46. The van der Waals surface area contributed by atoms with Gasteiger partial charge in [-0.05, 0) is 42.0 Å². The van der Waals surface area contributed by atoms with Gasteiger partial charge in [0.25, 0.3) is 5.56 Å². The molecule has 5 aromatic rings. The van der Waals surface area contributed by atoms with Crippen molar-refractivity contribution in [1.82, 2.24) is 24.3 Å². The molecule has 6 nitrogen and oxygen atoms in total. The fourth-order valence-electron chi connectivity index (χ4n) is 3.73. The van der Waals surface area contributed by atoms with E-state index >= 15 is 0 Å². The van der Waals surface area contributed by atoms with Crippen molar-refractivity contribution in [2.75, 3.05) is 0 Å². The van der Waals surface area contributed by atoms with E-state index in [0.717, 1.165) is 22.3 Å². The Morgan fingerprint density at radius 2 is 1.55 bits per heavy atom. The highest BCUT2D eigenvalue weighted by atomic mass is 32.1. The van der Waals surface area contributed by atoms with E-state index < -0.39 is 0 Å². The summed E-state index contributed by atoms with van der Waals surface area (Å²) in [7, 11) is 0. The molecule has 31 heavy (non-hydrogen) atoms. The van der Waals surface area contributed by atoms with Gasteiger partial charge in [0.2, 0.25) is 0 Å². The van der Waals surface area contributed by atoms with Crippen LogP contribution in [0.2, 0.25) is 0 Å². The van der Waals surface area contributed by atoms with Gasteiger partial charge in [0.05, 0.1) is 17.6 Å². The Bertz CT molecular complexity index is 1470. The maximum absolute atomic E-state index is 13.5. The summed E-state index contributed by atoms with van der Waals surface area (Å²) in [4.78, 5) is 18.1. The van der Waals surface area contributed by atoms with Crippen molar-refractivity contribution < 1.29 is 0 Å². The van der Waals surface area contributed by atoms with E-state index in [2.05, 4.69) is 15.2 Å². The molecule has 3 aromatic carbocycles. The van der Waals surface area contributed by atoms with Crippen LogP contribution < -0.4 is 5.56 Å². The highest BCUT2D eigenvalue weighted by molar-refractivity contribution is 7.71. The SMILES string of the molecule is O=c1c(Cc2ccccc2)nc2ccccc2n1Cc1n[nH]c(=S)n1-c1ccccc1. The van der Waals surface area contributed by atoms with Gasteiger partial charge < -0.3 is 0 Å². The summed E-state index contributed by atoms with van der Waals surface area (Å²) in [5, 5.41) is 7.28. The van der Waals surface area contributed by atoms with Gasteiger partial charge in [-0.1, -0.05) is 60.7 Å². The lowest BCUT2D eigenvalue weighted by Gasteiger charge is -2.13. The molecule has 0 saturated carbocycles. The number of benzene rings is 3. The zero-order valence-corrected chi connectivity index (χ0v) is 17.4. The second-order valence-corrected chi connectivity index (χ2v) is 7.60. The van der Waals surface area contributed by atoms with Crippen molar-refractivity contribution in [3.05, 3.63) is 117 Å². The highest BCUT2D eigenvalue weighted by Gasteiger charge is 2.15. The second-order valence-electron chi connectivity index (χ2n) is 7.22. The summed E-state index contributed by atoms with van der Waals surface area (Å²) < 4.78 is 4.07. The first-order valence-electron chi connectivity index (χ1n) is 9.95. The van der Waals surface area contributed by atoms with Gasteiger partial charge in [-0.25, -0.2) is 4.98 Å². The number of fused-ring (bicyclic) bond motifs is 1. The summed E-state index contributed by atoms with van der Waals surface area (Å²) in [6.45, 7) is 0.270. The van der Waals surface area contributed by atoms with E-state index in [4.69, 9.17) is 12.2 Å². The Labute approximate surface area is 183 Å². The Hall–Kier alpha value is -3.84. The lowest BCUT2D eigenvalue weighted by atomic mass is 10.1. The third-order valence-electron chi connectivity index (χ3n) is 5.19. The normalized spacial score (nSPS) is 11.1. The van der Waals surface area contributed by atoms with E-state index in [0.29, 0.717) is 22.7 Å². The summed E-state index contributed by atoms with van der Waals surface area (Å²) in [6.07, 6.45) is 0.468. The maximum Gasteiger partial charge on any atom is 0.273 e. The molecule has 0 radical (unpaired) electrons. The zero-order chi connectivity index (χ0) is 21.2. The standard InChI is InChI=1S/C24H19N5OS/c30-23-20(15-17-9-3-1-4-10-17)25-19-13-7-8-14-21(19)28(23)16-22-26-27-24(31)29(22)18-11-5-2-6-12-18/h1-14H,15-16H2,(H,27,31). The molecule has 7 heteroatoms. The zero-order valence-electron chi connectivity index (χ0n) is 16.6. The summed E-state index contributed by atoms with van der Waals surface area (Å²) in [5.74, 6) is 0.653. The first-order chi connectivity index (χ1) is 15.2. The van der Waals surface area contributed by atoms with Gasteiger partial charge in [-0.2, -0.15) is 5.10 Å². The number of rotatable bonds is 5. The molecular formula is C24H19N5OS. The third kappa shape index (κ3) is 3.71. The van der Waals surface area contributed by atoms with Crippen molar-refractivity contribution >= 4 is 23.3 Å². The fraction of sp³-hybridized carbons (Fsp3) is 0.0833. The smallest absolute Gasteiger partial charge is 0.273 e. The molecule has 0 fully saturated rings. The number of aromatic nitrogens is 5. The molecule has 0 aliphatic heterocycles. The van der Waals surface area contributed by atoms with E-state index in [1.165, 1.54) is 0 Å². The van der Waals surface area contributed by atoms with Crippen LogP contribution in [-0.2, 0) is 13.0 Å². The predicted octanol–water partition coefficient (Wildman–Crippen LogP) is 4.28. The molecule has 0 amide bonds. The van der Waals surface area contributed by atoms with Crippen LogP contribution in [-0.4, -0.2) is 24.3 Å². The maximum atomic E-state index is 13.5. The van der Waals surface area contributed by atoms with E-state index in [1.54, 1.807) is 4.57 Å². The molecule has 2 aromatic heterocycles. The number of hydrogen-bond acceptors (Lipinski definition) is 4. The minimum absolute atomic E-state index is 0.129. The van der Waals surface area contributed by atoms with Crippen LogP contribution in [0.3, 0.4) is 0 Å². The molecule has 0 saturated heterocycles. The lowest BCUT2D eigenvalue weighted by Crippen LogP contribution is -2.27. The van der Waals surface area contributed by atoms with Gasteiger partial charge in [0, 0.05) is 12.1 Å². The first kappa shape index (κ1) is 19.1. The van der Waals surface area contributed by atoms with Gasteiger partial charge in [-0.3, -0.25) is 19.0 Å². The Morgan fingerprint density at radius 1 is 0.871 bits per heavy atom. The van der Waals surface area contributed by atoms with Crippen molar-refractivity contribution in [3.8, 4) is 5.69 Å². The van der Waals surface area contributed by atoms with Gasteiger partial charge in [0.1, 0.15) is 5.69 Å². The van der Waals surface area contributed by atoms with Crippen molar-refractivity contribution in [1.29, 1.82) is 0 Å². The molecule has 0 unspecified atom stereocenters. The van der Waals surface area contributed by atoms with E-state index in [-0.39, 0.29) is 12.1 Å². The van der Waals surface area contributed by atoms with Crippen LogP contribution in [0, 0.1) is 4.77 Å². The number of nitrogens with one attached hydrogen (secondary N) is 1. The van der Waals surface area contributed by atoms with Crippen LogP contribution in [0.5, 0.6) is 0 Å². The highest BCUT2D eigenvalue weighted by Crippen LogP contribution is 2.16. The number of para-hydroxylation sites is 3. The van der Waals surface area contributed by atoms with Gasteiger partial charge in [0.15, 0.2) is 10.6 Å². The fourth-order valence-corrected chi connectivity index (χ4v) is 3.98. The summed E-state index contributed by atoms with van der Waals surface area (Å²) in [6, 6.07) is 27.3. The summed E-state index contributed by atoms with van der Waals surface area (Å²) in [5.41, 5.74) is 3.85. The van der Waals surface area contributed by atoms with Crippen LogP contribution in [0.4, 0.5) is 0 Å². The Morgan fingerprint density at radius 3 is 2.32 bits per heavy atom. The molecule has 0 spiro atoms. The molecule has 152 valence electrons. The topological polar surface area (TPSA) is 68.5 Å². The molecule has 0 atom stereocenters. The quantitative estimate of drug-likeness (QED) is 0.427. The monoisotopic (exact) mass is 425 g/mol. The molecule has 0 bridgehead atoms. The third-order valence-corrected chi connectivity index (χ3v) is 5.46. The van der Waals surface area contributed by atoms with Crippen molar-refractivity contribution in [2.24, 2.45) is 0 Å². The second kappa shape index (κ2) is 8.12. The van der Waals surface area contributed by atoms with Crippen LogP contribution in [0.15, 0.2) is 89.7 Å². The van der Waals surface area contributed by atoms with Crippen LogP contribution in [0.1, 0.15) is 17.1 Å². The molecule has 2 heterocycles. The number of H-pyrrole nitrogens is 1. The van der Waals surface area contributed by atoms with E-state index in [9.17, 15) is 4.79 Å². The van der Waals surface area contributed by atoms with Crippen molar-refractivity contribution in [3.63, 3.8) is 0 Å². The van der Waals surface area contributed by atoms with Crippen LogP contribution in [0.25, 0.3) is 16.7 Å². The molecule has 1 N–H and O–H groups in total. The minimum Gasteiger partial charge on any atom is -0.297 e. The Balaban J connectivity index is 1.65. The molecule has 0 aliphatic rings. The van der Waals surface area contributed by atoms with Gasteiger partial charge in [-0.15, -0.1) is 0 Å². The lowest BCUT2D eigenvalue weighted by molar-refractivity contribution is 0.708. The average Bonchev–Trinajstić information content (AvgIpc) is 3.18. The first-order valence-corrected chi connectivity index (χ1v) is 10.4. The molecular weight excluding hydrogens is 406 g/mol. The molecule has 0 aliphatic carbocycles. The number of hydrogen-bond donors (Lipinski definition) is 1. The number of aromatic amines is 1. The minimum atomic E-state index is -0.129. The largest absolute Gasteiger partial charge is 0.297 e.